The van der Waals surface area contributed by atoms with Crippen LogP contribution in [0, 0.1) is 0 Å². The van der Waals surface area contributed by atoms with E-state index in [1.54, 1.807) is 12.2 Å². The number of carbonyl (C=O) groups excluding carboxylic acids is 1. The molecule has 456 valence electrons. The average molecular weight is 1120 g/mol. The van der Waals surface area contributed by atoms with Crippen molar-refractivity contribution in [3.8, 4) is 0 Å². The van der Waals surface area contributed by atoms with Crippen molar-refractivity contribution >= 4 is 5.91 Å². The summed E-state index contributed by atoms with van der Waals surface area (Å²) in [6.45, 7) is 2.60. The van der Waals surface area contributed by atoms with E-state index < -0.39 is 86.8 Å². The molecule has 0 bridgehead atoms. The maximum absolute atomic E-state index is 13.2. The van der Waals surface area contributed by atoms with Crippen LogP contribution in [0.5, 0.6) is 0 Å². The number of allylic oxidation sites excluding steroid dienone is 12. The van der Waals surface area contributed by atoms with Crippen molar-refractivity contribution < 1.29 is 64.6 Å². The summed E-state index contributed by atoms with van der Waals surface area (Å²) in [5.74, 6) is -0.377. The topological polar surface area (TPSA) is 228 Å². The molecule has 0 aliphatic carbocycles. The van der Waals surface area contributed by atoms with E-state index in [1.165, 1.54) is 154 Å². The van der Waals surface area contributed by atoms with E-state index in [2.05, 4.69) is 73.8 Å². The first kappa shape index (κ1) is 72.3. The monoisotopic (exact) mass is 1120 g/mol. The predicted molar refractivity (Wildman–Crippen MR) is 318 cm³/mol. The van der Waals surface area contributed by atoms with Gasteiger partial charge in [0, 0.05) is 6.42 Å². The zero-order chi connectivity index (χ0) is 57.4. The second-order valence-corrected chi connectivity index (χ2v) is 21.8. The fraction of sp³-hybridized carbons (Fsp3) is 0.769. The number of hydrogen-bond acceptors (Lipinski definition) is 13. The normalized spacial score (nSPS) is 25.0. The van der Waals surface area contributed by atoms with Crippen molar-refractivity contribution in [3.05, 3.63) is 85.1 Å². The number of rotatable bonds is 49. The molecule has 9 N–H and O–H groups in total. The maximum Gasteiger partial charge on any atom is 0.224 e. The second-order valence-electron chi connectivity index (χ2n) is 21.8. The van der Waals surface area contributed by atoms with E-state index in [-0.39, 0.29) is 18.9 Å². The van der Waals surface area contributed by atoms with Gasteiger partial charge in [-0.15, -0.1) is 0 Å². The van der Waals surface area contributed by atoms with Gasteiger partial charge < -0.3 is 65.1 Å². The van der Waals surface area contributed by atoms with Crippen LogP contribution < -0.4 is 5.32 Å². The molecule has 0 saturated carbocycles. The Balaban J connectivity index is 1.74. The first-order chi connectivity index (χ1) is 38.6. The standard InChI is InChI=1S/C65H113NO13/c1-3-5-7-9-11-13-15-17-19-20-21-22-23-24-25-26-27-28-29-30-31-32-33-35-36-38-40-42-44-46-48-54(69)53(66-57(70)49-47-45-43-41-39-37-34-18-16-14-12-10-8-6-4-2)52-76-64-62(75)60(73)63(56(51-68)78-64)79-65-61(74)59(72)58(71)55(50-67)77-65/h6,8,12,14,18,34,38-41,45-48,53-56,58-65,67-69,71-75H,3-5,7,9-11,13,15-17,19-33,35-37,42-44,49-52H2,1-2H3,(H,66,70)/b8-6-,14-12-,34-18-,40-38+,41-39-,47-45-,48-46+. The Bertz CT molecular complexity index is 1650. The lowest BCUT2D eigenvalue weighted by Crippen LogP contribution is -2.65. The predicted octanol–water partition coefficient (Wildman–Crippen LogP) is 11.3. The van der Waals surface area contributed by atoms with E-state index in [9.17, 15) is 45.6 Å². The van der Waals surface area contributed by atoms with Crippen molar-refractivity contribution in [2.45, 2.75) is 299 Å². The Labute approximate surface area is 478 Å². The summed E-state index contributed by atoms with van der Waals surface area (Å²) >= 11 is 0. The van der Waals surface area contributed by atoms with Gasteiger partial charge in [-0.1, -0.05) is 247 Å². The first-order valence-electron chi connectivity index (χ1n) is 31.3. The number of carbonyl (C=O) groups is 1. The highest BCUT2D eigenvalue weighted by Crippen LogP contribution is 2.30. The molecule has 12 unspecified atom stereocenters. The summed E-state index contributed by atoms with van der Waals surface area (Å²) in [7, 11) is 0. The highest BCUT2D eigenvalue weighted by Gasteiger charge is 2.51. The lowest BCUT2D eigenvalue weighted by Gasteiger charge is -2.46. The minimum absolute atomic E-state index is 0.0374. The highest BCUT2D eigenvalue weighted by molar-refractivity contribution is 5.77. The van der Waals surface area contributed by atoms with E-state index in [0.717, 1.165) is 38.5 Å². The molecule has 12 atom stereocenters. The molecule has 79 heavy (non-hydrogen) atoms. The number of ether oxygens (including phenoxy) is 4. The SMILES string of the molecule is CC/C=C\C/C=C\C/C=C\C/C=C\C/C=C\CC(=O)NC(COC1OC(CO)C(OC2OC(CO)C(O)C(O)C2O)C(O)C1O)C(O)/C=C/CC/C=C/CCCCCCCCCCCCCCCCCCCCCCCCCC. The molecule has 0 spiro atoms. The first-order valence-corrected chi connectivity index (χ1v) is 31.3. The number of aliphatic hydroxyl groups excluding tert-OH is 8. The summed E-state index contributed by atoms with van der Waals surface area (Å²) in [6, 6.07) is -0.991. The van der Waals surface area contributed by atoms with Crippen LogP contribution in [0.1, 0.15) is 226 Å². The van der Waals surface area contributed by atoms with Crippen molar-refractivity contribution in [1.29, 1.82) is 0 Å². The van der Waals surface area contributed by atoms with E-state index >= 15 is 0 Å². The van der Waals surface area contributed by atoms with E-state index in [1.807, 2.05) is 18.2 Å². The van der Waals surface area contributed by atoms with Crippen molar-refractivity contribution in [2.24, 2.45) is 0 Å². The fourth-order valence-electron chi connectivity index (χ4n) is 9.85. The molecule has 2 fully saturated rings. The van der Waals surface area contributed by atoms with Gasteiger partial charge in [0.05, 0.1) is 32.0 Å². The van der Waals surface area contributed by atoms with E-state index in [0.29, 0.717) is 12.8 Å². The van der Waals surface area contributed by atoms with E-state index in [4.69, 9.17) is 18.9 Å². The summed E-state index contributed by atoms with van der Waals surface area (Å²) in [5.41, 5.74) is 0. The number of nitrogens with one attached hydrogen (secondary N) is 1. The van der Waals surface area contributed by atoms with Crippen LogP contribution in [-0.4, -0.2) is 140 Å². The maximum atomic E-state index is 13.2. The van der Waals surface area contributed by atoms with Crippen LogP contribution in [0.4, 0.5) is 0 Å². The molecule has 0 aromatic heterocycles. The number of aliphatic hydroxyl groups is 8. The summed E-state index contributed by atoms with van der Waals surface area (Å²) in [6.07, 6.45) is 51.1. The third-order valence-corrected chi connectivity index (χ3v) is 14.8. The van der Waals surface area contributed by atoms with Gasteiger partial charge in [0.15, 0.2) is 12.6 Å². The van der Waals surface area contributed by atoms with Gasteiger partial charge in [-0.05, 0) is 57.8 Å². The average Bonchev–Trinajstić information content (AvgIpc) is 3.47. The van der Waals surface area contributed by atoms with Crippen LogP contribution in [0.2, 0.25) is 0 Å². The molecule has 2 rings (SSSR count). The molecule has 14 nitrogen and oxygen atoms in total. The van der Waals surface area contributed by atoms with Gasteiger partial charge in [-0.3, -0.25) is 4.79 Å². The fourth-order valence-corrected chi connectivity index (χ4v) is 9.85. The molecule has 0 aromatic carbocycles. The van der Waals surface area contributed by atoms with Crippen LogP contribution in [0.3, 0.4) is 0 Å². The molecule has 0 radical (unpaired) electrons. The van der Waals surface area contributed by atoms with Crippen molar-refractivity contribution in [2.75, 3.05) is 19.8 Å². The Hall–Kier alpha value is -2.83. The molecular weight excluding hydrogens is 1000 g/mol. The van der Waals surface area contributed by atoms with Gasteiger partial charge in [0.2, 0.25) is 5.91 Å². The van der Waals surface area contributed by atoms with Crippen LogP contribution in [0.25, 0.3) is 0 Å². The van der Waals surface area contributed by atoms with Crippen LogP contribution in [-0.2, 0) is 23.7 Å². The Morgan fingerprint density at radius 2 is 0.886 bits per heavy atom. The zero-order valence-electron chi connectivity index (χ0n) is 49.1. The molecule has 1 amide bonds. The van der Waals surface area contributed by atoms with Crippen molar-refractivity contribution in [1.82, 2.24) is 5.32 Å². The van der Waals surface area contributed by atoms with Gasteiger partial charge >= 0.3 is 0 Å². The molecule has 14 heteroatoms. The lowest BCUT2D eigenvalue weighted by atomic mass is 9.97. The van der Waals surface area contributed by atoms with Crippen molar-refractivity contribution in [3.63, 3.8) is 0 Å². The van der Waals surface area contributed by atoms with Gasteiger partial charge in [0.1, 0.15) is 48.8 Å². The summed E-state index contributed by atoms with van der Waals surface area (Å²) in [5, 5.41) is 87.0. The Kier molecular flexibility index (Phi) is 45.5. The smallest absolute Gasteiger partial charge is 0.224 e. The number of hydrogen-bond donors (Lipinski definition) is 9. The molecule has 2 heterocycles. The number of unbranched alkanes of at least 4 members (excludes halogenated alkanes) is 25. The highest BCUT2D eigenvalue weighted by atomic mass is 16.7. The molecule has 2 aliphatic rings. The van der Waals surface area contributed by atoms with Gasteiger partial charge in [0.25, 0.3) is 0 Å². The van der Waals surface area contributed by atoms with Gasteiger partial charge in [-0.25, -0.2) is 0 Å². The third-order valence-electron chi connectivity index (χ3n) is 14.8. The lowest BCUT2D eigenvalue weighted by molar-refractivity contribution is -0.359. The Morgan fingerprint density at radius 1 is 0.468 bits per heavy atom. The molecular formula is C65H113NO13. The Morgan fingerprint density at radius 3 is 1.37 bits per heavy atom. The third kappa shape index (κ3) is 35.0. The van der Waals surface area contributed by atoms with Crippen LogP contribution >= 0.6 is 0 Å². The molecule has 0 aromatic rings. The number of amides is 1. The minimum Gasteiger partial charge on any atom is -0.394 e. The quantitative estimate of drug-likeness (QED) is 0.0204. The van der Waals surface area contributed by atoms with Gasteiger partial charge in [-0.2, -0.15) is 0 Å². The second kappa shape index (κ2) is 49.8. The summed E-state index contributed by atoms with van der Waals surface area (Å²) < 4.78 is 22.7. The zero-order valence-corrected chi connectivity index (χ0v) is 49.1. The minimum atomic E-state index is -1.80. The summed E-state index contributed by atoms with van der Waals surface area (Å²) in [4.78, 5) is 13.2. The largest absolute Gasteiger partial charge is 0.394 e. The molecule has 2 aliphatic heterocycles. The molecule has 2 saturated heterocycles. The van der Waals surface area contributed by atoms with Crippen LogP contribution in [0.15, 0.2) is 85.1 Å².